The number of benzene rings is 2. The Morgan fingerprint density at radius 3 is 2.61 bits per heavy atom. The van der Waals surface area contributed by atoms with Crippen LogP contribution in [0.1, 0.15) is 24.2 Å². The monoisotopic (exact) mass is 458 g/mol. The van der Waals surface area contributed by atoms with Crippen LogP contribution in [0.15, 0.2) is 42.5 Å². The molecule has 8 nitrogen and oxygen atoms in total. The number of nitrogens with one attached hydrogen (secondary N) is 3. The normalized spacial score (nSPS) is 21.8. The summed E-state index contributed by atoms with van der Waals surface area (Å²) in [6, 6.07) is 9.98. The van der Waals surface area contributed by atoms with E-state index >= 15 is 0 Å². The standard InChI is InChI=1S/C24H31FN4O4/c1-15-12-26-16(2)14-33-21-11-19(28-24(31)27-18-7-5-6-17(25)10-18)8-9-20(21)23(30)29(3)13-22(15)32-4/h5-11,15-16,22,26H,12-14H2,1-4H3,(H2,27,28,31)/t15-,16+,22+/m0/s1. The third-order valence-electron chi connectivity index (χ3n) is 5.57. The summed E-state index contributed by atoms with van der Waals surface area (Å²) in [4.78, 5) is 27.1. The average Bonchev–Trinajstić information content (AvgIpc) is 2.78. The second-order valence-corrected chi connectivity index (χ2v) is 8.36. The van der Waals surface area contributed by atoms with Gasteiger partial charge in [-0.1, -0.05) is 13.0 Å². The van der Waals surface area contributed by atoms with Crippen LogP contribution in [0, 0.1) is 11.7 Å². The van der Waals surface area contributed by atoms with E-state index in [0.717, 1.165) is 6.54 Å². The Hall–Kier alpha value is -3.17. The van der Waals surface area contributed by atoms with Gasteiger partial charge < -0.3 is 30.3 Å². The highest BCUT2D eigenvalue weighted by atomic mass is 19.1. The van der Waals surface area contributed by atoms with Crippen LogP contribution in [0.2, 0.25) is 0 Å². The van der Waals surface area contributed by atoms with Crippen molar-refractivity contribution in [3.8, 4) is 5.75 Å². The van der Waals surface area contributed by atoms with Gasteiger partial charge in [0.05, 0.1) is 11.7 Å². The zero-order chi connectivity index (χ0) is 24.0. The van der Waals surface area contributed by atoms with Crippen LogP contribution in [-0.4, -0.2) is 62.8 Å². The fourth-order valence-electron chi connectivity index (χ4n) is 3.59. The van der Waals surface area contributed by atoms with Crippen molar-refractivity contribution in [3.05, 3.63) is 53.8 Å². The lowest BCUT2D eigenvalue weighted by molar-refractivity contribution is 0.0281. The smallest absolute Gasteiger partial charge is 0.323 e. The summed E-state index contributed by atoms with van der Waals surface area (Å²) in [5, 5.41) is 8.70. The average molecular weight is 459 g/mol. The van der Waals surface area contributed by atoms with Crippen LogP contribution in [-0.2, 0) is 4.74 Å². The van der Waals surface area contributed by atoms with Gasteiger partial charge in [0.25, 0.3) is 5.91 Å². The lowest BCUT2D eigenvalue weighted by atomic mass is 10.0. The molecule has 0 spiro atoms. The number of amides is 3. The zero-order valence-electron chi connectivity index (χ0n) is 19.4. The van der Waals surface area contributed by atoms with Crippen LogP contribution < -0.4 is 20.7 Å². The second kappa shape index (κ2) is 11.1. The number of fused-ring (bicyclic) bond motifs is 1. The molecule has 2 aromatic rings. The van der Waals surface area contributed by atoms with Crippen LogP contribution in [0.5, 0.6) is 5.75 Å². The zero-order valence-corrected chi connectivity index (χ0v) is 19.4. The van der Waals surface area contributed by atoms with Gasteiger partial charge in [-0.3, -0.25) is 4.79 Å². The molecule has 0 saturated heterocycles. The van der Waals surface area contributed by atoms with E-state index in [-0.39, 0.29) is 24.0 Å². The number of carbonyl (C=O) groups excluding carboxylic acids is 2. The summed E-state index contributed by atoms with van der Waals surface area (Å²) in [7, 11) is 3.38. The fourth-order valence-corrected chi connectivity index (χ4v) is 3.59. The number of carbonyl (C=O) groups is 2. The molecule has 9 heteroatoms. The quantitative estimate of drug-likeness (QED) is 0.654. The van der Waals surface area contributed by atoms with E-state index in [1.165, 1.54) is 18.2 Å². The summed E-state index contributed by atoms with van der Waals surface area (Å²) < 4.78 is 25.0. The van der Waals surface area contributed by atoms with E-state index in [2.05, 4.69) is 22.9 Å². The maximum atomic E-state index is 13.4. The molecular weight excluding hydrogens is 427 g/mol. The van der Waals surface area contributed by atoms with Crippen LogP contribution in [0.3, 0.4) is 0 Å². The van der Waals surface area contributed by atoms with Crippen molar-refractivity contribution in [2.24, 2.45) is 5.92 Å². The molecule has 1 aliphatic heterocycles. The highest BCUT2D eigenvalue weighted by Crippen LogP contribution is 2.26. The SMILES string of the molecule is CO[C@@H]1CN(C)C(=O)c2ccc(NC(=O)Nc3cccc(F)c3)cc2OC[C@@H](C)NC[C@@H]1C. The number of nitrogens with zero attached hydrogens (tertiary/aromatic N) is 1. The topological polar surface area (TPSA) is 91.9 Å². The molecule has 0 fully saturated rings. The van der Waals surface area contributed by atoms with E-state index in [1.807, 2.05) is 6.92 Å². The van der Waals surface area contributed by atoms with Crippen molar-refractivity contribution in [1.82, 2.24) is 10.2 Å². The highest BCUT2D eigenvalue weighted by Gasteiger charge is 2.25. The maximum absolute atomic E-state index is 13.4. The predicted octanol–water partition coefficient (Wildman–Crippen LogP) is 3.56. The number of anilines is 2. The number of urea groups is 1. The minimum atomic E-state index is -0.538. The minimum absolute atomic E-state index is 0.0398. The predicted molar refractivity (Wildman–Crippen MR) is 125 cm³/mol. The van der Waals surface area contributed by atoms with Crippen LogP contribution >= 0.6 is 0 Å². The van der Waals surface area contributed by atoms with Crippen LogP contribution in [0.4, 0.5) is 20.6 Å². The summed E-state index contributed by atoms with van der Waals surface area (Å²) in [6.07, 6.45) is -0.116. The molecule has 33 heavy (non-hydrogen) atoms. The Morgan fingerprint density at radius 2 is 1.91 bits per heavy atom. The van der Waals surface area contributed by atoms with Crippen molar-refractivity contribution >= 4 is 23.3 Å². The number of rotatable bonds is 3. The maximum Gasteiger partial charge on any atom is 0.323 e. The number of ether oxygens (including phenoxy) is 2. The Kier molecular flexibility index (Phi) is 8.24. The van der Waals surface area contributed by atoms with E-state index < -0.39 is 11.8 Å². The fraction of sp³-hybridized carbons (Fsp3) is 0.417. The van der Waals surface area contributed by atoms with Gasteiger partial charge in [0, 0.05) is 50.7 Å². The van der Waals surface area contributed by atoms with E-state index in [4.69, 9.17) is 9.47 Å². The van der Waals surface area contributed by atoms with E-state index in [1.54, 1.807) is 43.3 Å². The van der Waals surface area contributed by atoms with Gasteiger partial charge in [0.15, 0.2) is 0 Å². The molecular formula is C24H31FN4O4. The van der Waals surface area contributed by atoms with Gasteiger partial charge in [-0.05, 0) is 43.2 Å². The van der Waals surface area contributed by atoms with Gasteiger partial charge in [0.1, 0.15) is 18.2 Å². The Labute approximate surface area is 193 Å². The third-order valence-corrected chi connectivity index (χ3v) is 5.57. The van der Waals surface area contributed by atoms with Crippen molar-refractivity contribution in [2.45, 2.75) is 26.0 Å². The summed E-state index contributed by atoms with van der Waals surface area (Å²) in [5.74, 6) is -0.0749. The van der Waals surface area contributed by atoms with E-state index in [0.29, 0.717) is 35.8 Å². The van der Waals surface area contributed by atoms with Crippen molar-refractivity contribution < 1.29 is 23.5 Å². The molecule has 3 rings (SSSR count). The van der Waals surface area contributed by atoms with Gasteiger partial charge in [-0.25, -0.2) is 9.18 Å². The van der Waals surface area contributed by atoms with Crippen molar-refractivity contribution in [2.75, 3.05) is 44.5 Å². The molecule has 3 atom stereocenters. The second-order valence-electron chi connectivity index (χ2n) is 8.36. The summed E-state index contributed by atoms with van der Waals surface area (Å²) in [5.41, 5.74) is 1.16. The lowest BCUT2D eigenvalue weighted by Crippen LogP contribution is -2.44. The van der Waals surface area contributed by atoms with Gasteiger partial charge in [-0.15, -0.1) is 0 Å². The molecule has 2 aromatic carbocycles. The van der Waals surface area contributed by atoms with Crippen molar-refractivity contribution in [3.63, 3.8) is 0 Å². The van der Waals surface area contributed by atoms with Gasteiger partial charge in [0.2, 0.25) is 0 Å². The molecule has 178 valence electrons. The molecule has 1 aliphatic rings. The first-order valence-electron chi connectivity index (χ1n) is 10.9. The third kappa shape index (κ3) is 6.66. The van der Waals surface area contributed by atoms with Crippen molar-refractivity contribution in [1.29, 1.82) is 0 Å². The molecule has 0 aromatic heterocycles. The van der Waals surface area contributed by atoms with Crippen LogP contribution in [0.25, 0.3) is 0 Å². The molecule has 3 N–H and O–H groups in total. The Balaban J connectivity index is 1.80. The molecule has 0 radical (unpaired) electrons. The first-order valence-corrected chi connectivity index (χ1v) is 10.9. The van der Waals surface area contributed by atoms with Gasteiger partial charge in [-0.2, -0.15) is 0 Å². The molecule has 0 saturated carbocycles. The molecule has 3 amide bonds. The molecule has 1 heterocycles. The number of hydrogen-bond acceptors (Lipinski definition) is 5. The first kappa shape index (κ1) is 24.5. The Bertz CT molecular complexity index is 987. The number of hydrogen-bond donors (Lipinski definition) is 3. The van der Waals surface area contributed by atoms with Gasteiger partial charge >= 0.3 is 6.03 Å². The first-order chi connectivity index (χ1) is 15.8. The lowest BCUT2D eigenvalue weighted by Gasteiger charge is -2.30. The Morgan fingerprint density at radius 1 is 1.18 bits per heavy atom. The largest absolute Gasteiger partial charge is 0.491 e. The number of likely N-dealkylation sites (N-methyl/N-ethyl adjacent to an activating group) is 1. The number of halogens is 1. The summed E-state index contributed by atoms with van der Waals surface area (Å²) >= 11 is 0. The van der Waals surface area contributed by atoms with E-state index in [9.17, 15) is 14.0 Å². The molecule has 0 bridgehead atoms. The highest BCUT2D eigenvalue weighted by molar-refractivity contribution is 6.01. The molecule has 0 aliphatic carbocycles. The molecule has 0 unspecified atom stereocenters. The number of methoxy groups -OCH3 is 1. The minimum Gasteiger partial charge on any atom is -0.491 e. The summed E-state index contributed by atoms with van der Waals surface area (Å²) in [6.45, 7) is 5.58.